The first-order valence-electron chi connectivity index (χ1n) is 7.04. The molecule has 0 spiro atoms. The van der Waals surface area contributed by atoms with E-state index >= 15 is 0 Å². The number of benzene rings is 1. The zero-order chi connectivity index (χ0) is 13.8. The van der Waals surface area contributed by atoms with Gasteiger partial charge in [0.1, 0.15) is 0 Å². The average molecular weight is 301 g/mol. The summed E-state index contributed by atoms with van der Waals surface area (Å²) in [5, 5.41) is 4.99. The Morgan fingerprint density at radius 1 is 1.42 bits per heavy atom. The normalized spacial score (nSPS) is 22.4. The van der Waals surface area contributed by atoms with Crippen molar-refractivity contribution in [3.05, 3.63) is 33.8 Å². The van der Waals surface area contributed by atoms with Crippen molar-refractivity contribution in [1.29, 1.82) is 0 Å². The standard InChI is InChI=1S/C15H22Cl2N2/c1-3-19-9-5-6-12(10-19)18-11(2)13-7-4-8-14(16)15(13)17/h4,7-8,11-12,18H,3,5-6,9-10H2,1-2H3. The van der Waals surface area contributed by atoms with E-state index in [1.165, 1.54) is 19.4 Å². The third-order valence-corrected chi connectivity index (χ3v) is 4.72. The maximum atomic E-state index is 6.28. The number of likely N-dealkylation sites (tertiary alicyclic amines) is 1. The van der Waals surface area contributed by atoms with Crippen LogP contribution in [0.2, 0.25) is 10.0 Å². The summed E-state index contributed by atoms with van der Waals surface area (Å²) in [6, 6.07) is 6.61. The lowest BCUT2D eigenvalue weighted by Gasteiger charge is -2.34. The van der Waals surface area contributed by atoms with Gasteiger partial charge in [0.15, 0.2) is 0 Å². The topological polar surface area (TPSA) is 15.3 Å². The second kappa shape index (κ2) is 6.94. The van der Waals surface area contributed by atoms with E-state index in [0.717, 1.165) is 18.7 Å². The van der Waals surface area contributed by atoms with Crippen LogP contribution in [0.4, 0.5) is 0 Å². The lowest BCUT2D eigenvalue weighted by atomic mass is 10.0. The van der Waals surface area contributed by atoms with Crippen molar-refractivity contribution in [3.8, 4) is 0 Å². The Kier molecular flexibility index (Phi) is 5.52. The number of hydrogen-bond acceptors (Lipinski definition) is 2. The Morgan fingerprint density at radius 3 is 2.95 bits per heavy atom. The van der Waals surface area contributed by atoms with Gasteiger partial charge in [-0.05, 0) is 44.5 Å². The molecule has 2 unspecified atom stereocenters. The van der Waals surface area contributed by atoms with Gasteiger partial charge in [-0.15, -0.1) is 0 Å². The summed E-state index contributed by atoms with van der Waals surface area (Å²) in [5.74, 6) is 0. The fourth-order valence-electron chi connectivity index (χ4n) is 2.78. The third kappa shape index (κ3) is 3.85. The van der Waals surface area contributed by atoms with E-state index in [1.807, 2.05) is 18.2 Å². The monoisotopic (exact) mass is 300 g/mol. The highest BCUT2D eigenvalue weighted by atomic mass is 35.5. The number of likely N-dealkylation sites (N-methyl/N-ethyl adjacent to an activating group) is 1. The summed E-state index contributed by atoms with van der Waals surface area (Å²) in [6.07, 6.45) is 2.50. The molecule has 1 aromatic carbocycles. The molecule has 1 aliphatic rings. The van der Waals surface area contributed by atoms with Crippen LogP contribution in [0.15, 0.2) is 18.2 Å². The fraction of sp³-hybridized carbons (Fsp3) is 0.600. The van der Waals surface area contributed by atoms with Crippen molar-refractivity contribution >= 4 is 23.2 Å². The van der Waals surface area contributed by atoms with E-state index < -0.39 is 0 Å². The maximum absolute atomic E-state index is 6.28. The van der Waals surface area contributed by atoms with Crippen molar-refractivity contribution in [2.24, 2.45) is 0 Å². The summed E-state index contributed by atoms with van der Waals surface area (Å²) < 4.78 is 0. The Morgan fingerprint density at radius 2 is 2.21 bits per heavy atom. The highest BCUT2D eigenvalue weighted by Gasteiger charge is 2.21. The highest BCUT2D eigenvalue weighted by Crippen LogP contribution is 2.30. The predicted molar refractivity (Wildman–Crippen MR) is 83.1 cm³/mol. The molecular weight excluding hydrogens is 279 g/mol. The average Bonchev–Trinajstić information content (AvgIpc) is 2.42. The number of nitrogens with one attached hydrogen (secondary N) is 1. The minimum atomic E-state index is 0.230. The van der Waals surface area contributed by atoms with Gasteiger partial charge in [0.2, 0.25) is 0 Å². The molecule has 2 rings (SSSR count). The largest absolute Gasteiger partial charge is 0.306 e. The molecule has 1 aromatic rings. The molecule has 1 N–H and O–H groups in total. The molecule has 1 fully saturated rings. The van der Waals surface area contributed by atoms with Crippen LogP contribution < -0.4 is 5.32 Å². The molecule has 106 valence electrons. The molecule has 1 heterocycles. The van der Waals surface area contributed by atoms with Gasteiger partial charge >= 0.3 is 0 Å². The molecule has 2 nitrogen and oxygen atoms in total. The Labute approximate surface area is 126 Å². The molecule has 0 aromatic heterocycles. The van der Waals surface area contributed by atoms with Gasteiger partial charge in [0.05, 0.1) is 10.0 Å². The first-order valence-corrected chi connectivity index (χ1v) is 7.79. The lowest BCUT2D eigenvalue weighted by Crippen LogP contribution is -2.46. The first kappa shape index (κ1) is 15.1. The van der Waals surface area contributed by atoms with Crippen LogP contribution in [0, 0.1) is 0 Å². The molecule has 0 aliphatic carbocycles. The van der Waals surface area contributed by atoms with Crippen molar-refractivity contribution < 1.29 is 0 Å². The van der Waals surface area contributed by atoms with Crippen molar-refractivity contribution in [3.63, 3.8) is 0 Å². The van der Waals surface area contributed by atoms with Crippen LogP contribution in [-0.4, -0.2) is 30.6 Å². The van der Waals surface area contributed by atoms with Gasteiger partial charge < -0.3 is 10.2 Å². The highest BCUT2D eigenvalue weighted by molar-refractivity contribution is 6.42. The van der Waals surface area contributed by atoms with Gasteiger partial charge in [-0.2, -0.15) is 0 Å². The molecule has 1 saturated heterocycles. The Bertz CT molecular complexity index is 423. The van der Waals surface area contributed by atoms with E-state index in [9.17, 15) is 0 Å². The molecule has 2 atom stereocenters. The number of hydrogen-bond donors (Lipinski definition) is 1. The van der Waals surface area contributed by atoms with E-state index in [0.29, 0.717) is 16.1 Å². The molecule has 0 saturated carbocycles. The number of piperidine rings is 1. The van der Waals surface area contributed by atoms with E-state index in [4.69, 9.17) is 23.2 Å². The first-order chi connectivity index (χ1) is 9.11. The number of rotatable bonds is 4. The maximum Gasteiger partial charge on any atom is 0.0639 e. The minimum absolute atomic E-state index is 0.230. The van der Waals surface area contributed by atoms with Crippen LogP contribution in [-0.2, 0) is 0 Å². The SMILES string of the molecule is CCN1CCCC(NC(C)c2cccc(Cl)c2Cl)C1. The fourth-order valence-corrected chi connectivity index (χ4v) is 3.25. The van der Waals surface area contributed by atoms with Gasteiger partial charge in [0.25, 0.3) is 0 Å². The molecule has 4 heteroatoms. The van der Waals surface area contributed by atoms with Crippen molar-refractivity contribution in [2.75, 3.05) is 19.6 Å². The second-order valence-corrected chi connectivity index (χ2v) is 6.05. The summed E-state index contributed by atoms with van der Waals surface area (Å²) in [6.45, 7) is 7.85. The summed E-state index contributed by atoms with van der Waals surface area (Å²) >= 11 is 12.4. The predicted octanol–water partition coefficient (Wildman–Crippen LogP) is 4.13. The van der Waals surface area contributed by atoms with Crippen molar-refractivity contribution in [2.45, 2.75) is 38.8 Å². The minimum Gasteiger partial charge on any atom is -0.306 e. The smallest absolute Gasteiger partial charge is 0.0639 e. The van der Waals surface area contributed by atoms with E-state index in [2.05, 4.69) is 24.1 Å². The second-order valence-electron chi connectivity index (χ2n) is 5.26. The Balaban J connectivity index is 2.00. The van der Waals surface area contributed by atoms with Crippen LogP contribution in [0.3, 0.4) is 0 Å². The zero-order valence-corrected chi connectivity index (χ0v) is 13.1. The molecule has 1 aliphatic heterocycles. The molecular formula is C15H22Cl2N2. The van der Waals surface area contributed by atoms with Crippen LogP contribution in [0.25, 0.3) is 0 Å². The van der Waals surface area contributed by atoms with E-state index in [1.54, 1.807) is 0 Å². The number of halogens is 2. The summed E-state index contributed by atoms with van der Waals surface area (Å²) in [5.41, 5.74) is 1.09. The van der Waals surface area contributed by atoms with E-state index in [-0.39, 0.29) is 6.04 Å². The molecule has 0 bridgehead atoms. The zero-order valence-electron chi connectivity index (χ0n) is 11.6. The van der Waals surface area contributed by atoms with Crippen LogP contribution in [0.1, 0.15) is 38.3 Å². The lowest BCUT2D eigenvalue weighted by molar-refractivity contribution is 0.192. The van der Waals surface area contributed by atoms with Crippen LogP contribution >= 0.6 is 23.2 Å². The van der Waals surface area contributed by atoms with Gasteiger partial charge in [0, 0.05) is 18.6 Å². The van der Waals surface area contributed by atoms with Crippen molar-refractivity contribution in [1.82, 2.24) is 10.2 Å². The summed E-state index contributed by atoms with van der Waals surface area (Å²) in [7, 11) is 0. The molecule has 19 heavy (non-hydrogen) atoms. The third-order valence-electron chi connectivity index (χ3n) is 3.89. The quantitative estimate of drug-likeness (QED) is 0.899. The number of nitrogens with zero attached hydrogens (tertiary/aromatic N) is 1. The van der Waals surface area contributed by atoms with Gasteiger partial charge in [-0.3, -0.25) is 0 Å². The summed E-state index contributed by atoms with van der Waals surface area (Å²) in [4.78, 5) is 2.49. The molecule has 0 radical (unpaired) electrons. The van der Waals surface area contributed by atoms with Gasteiger partial charge in [-0.1, -0.05) is 42.3 Å². The van der Waals surface area contributed by atoms with Gasteiger partial charge in [-0.25, -0.2) is 0 Å². The van der Waals surface area contributed by atoms with Crippen LogP contribution in [0.5, 0.6) is 0 Å². The molecule has 0 amide bonds. The Hall–Kier alpha value is -0.280.